The van der Waals surface area contributed by atoms with Crippen molar-refractivity contribution in [3.8, 4) is 0 Å². The maximum atomic E-state index is 12.4. The highest BCUT2D eigenvalue weighted by Crippen LogP contribution is 2.21. The molecule has 1 amide bonds. The Balaban J connectivity index is 1.28. The number of amides is 1. The first-order valence-corrected chi connectivity index (χ1v) is 9.99. The minimum atomic E-state index is -0.0185. The Bertz CT molecular complexity index is 939. The highest BCUT2D eigenvalue weighted by Gasteiger charge is 2.20. The number of piperazine rings is 1. The molecule has 1 aromatic heterocycles. The number of nitrogens with one attached hydrogen (secondary N) is 1. The molecule has 2 aromatic carbocycles. The van der Waals surface area contributed by atoms with Gasteiger partial charge in [-0.05, 0) is 23.8 Å². The quantitative estimate of drug-likeness (QED) is 0.711. The Morgan fingerprint density at radius 3 is 2.63 bits per heavy atom. The van der Waals surface area contributed by atoms with Gasteiger partial charge >= 0.3 is 0 Å². The molecule has 0 radical (unpaired) electrons. The molecule has 8 heteroatoms. The van der Waals surface area contributed by atoms with E-state index in [0.29, 0.717) is 6.54 Å². The maximum absolute atomic E-state index is 12.4. The number of hydrogen-bond donors (Lipinski definition) is 1. The number of halogens is 1. The molecule has 0 saturated carbocycles. The molecule has 0 unspecified atom stereocenters. The van der Waals surface area contributed by atoms with Crippen LogP contribution in [0, 0.1) is 0 Å². The summed E-state index contributed by atoms with van der Waals surface area (Å²) in [6.07, 6.45) is 0. The van der Waals surface area contributed by atoms with Crippen molar-refractivity contribution in [3.63, 3.8) is 0 Å². The number of rotatable bonds is 5. The van der Waals surface area contributed by atoms with Crippen LogP contribution in [0.25, 0.3) is 11.0 Å². The normalized spacial score (nSPS) is 15.9. The molecule has 2 heterocycles. The van der Waals surface area contributed by atoms with Crippen molar-refractivity contribution in [2.45, 2.75) is 6.54 Å². The molecule has 0 bridgehead atoms. The molecule has 0 spiro atoms. The third-order valence-corrected chi connectivity index (χ3v) is 5.66. The fourth-order valence-electron chi connectivity index (χ4n) is 3.27. The summed E-state index contributed by atoms with van der Waals surface area (Å²) in [6.45, 7) is 4.79. The lowest BCUT2D eigenvalue weighted by molar-refractivity contribution is -0.117. The summed E-state index contributed by atoms with van der Waals surface area (Å²) in [6, 6.07) is 13.6. The molecular formula is C19H20ClN5OS. The van der Waals surface area contributed by atoms with Crippen LogP contribution in [-0.4, -0.2) is 57.2 Å². The van der Waals surface area contributed by atoms with E-state index >= 15 is 0 Å². The fraction of sp³-hybridized carbons (Fsp3) is 0.316. The van der Waals surface area contributed by atoms with Gasteiger partial charge in [0.05, 0.1) is 24.0 Å². The van der Waals surface area contributed by atoms with Crippen molar-refractivity contribution in [1.82, 2.24) is 18.5 Å². The second-order valence-electron chi connectivity index (χ2n) is 6.63. The molecule has 27 heavy (non-hydrogen) atoms. The van der Waals surface area contributed by atoms with Gasteiger partial charge in [0, 0.05) is 37.7 Å². The Hall–Kier alpha value is -2.06. The number of hydrogen-bond acceptors (Lipinski definition) is 6. The number of nitrogens with zero attached hydrogens (tertiary/aromatic N) is 4. The topological polar surface area (TPSA) is 61.4 Å². The lowest BCUT2D eigenvalue weighted by Crippen LogP contribution is -2.48. The number of aromatic nitrogens is 2. The van der Waals surface area contributed by atoms with Crippen LogP contribution in [0.4, 0.5) is 5.69 Å². The van der Waals surface area contributed by atoms with Crippen LogP contribution in [0.3, 0.4) is 0 Å². The van der Waals surface area contributed by atoms with E-state index in [-0.39, 0.29) is 5.91 Å². The Morgan fingerprint density at radius 1 is 1.04 bits per heavy atom. The van der Waals surface area contributed by atoms with E-state index in [1.54, 1.807) is 0 Å². The SMILES string of the molecule is O=C(CN1CCN(Cc2ccccc2Cl)CC1)Nc1cccc2nsnc12. The van der Waals surface area contributed by atoms with Gasteiger partial charge in [0.15, 0.2) is 0 Å². The van der Waals surface area contributed by atoms with Gasteiger partial charge in [-0.3, -0.25) is 14.6 Å². The van der Waals surface area contributed by atoms with E-state index in [4.69, 9.17) is 11.6 Å². The standard InChI is InChI=1S/C19H20ClN5OS/c20-15-5-2-1-4-14(15)12-24-8-10-25(11-9-24)13-18(26)21-16-6-3-7-17-19(16)23-27-22-17/h1-7H,8-13H2,(H,21,26). The molecule has 0 aliphatic carbocycles. The van der Waals surface area contributed by atoms with Crippen LogP contribution in [0.1, 0.15) is 5.56 Å². The Kier molecular flexibility index (Phi) is 5.63. The summed E-state index contributed by atoms with van der Waals surface area (Å²) < 4.78 is 8.47. The zero-order valence-electron chi connectivity index (χ0n) is 14.8. The van der Waals surface area contributed by atoms with Crippen LogP contribution in [0.2, 0.25) is 5.02 Å². The molecule has 1 fully saturated rings. The number of anilines is 1. The molecule has 1 aliphatic rings. The van der Waals surface area contributed by atoms with Crippen LogP contribution in [0.15, 0.2) is 42.5 Å². The molecule has 140 valence electrons. The highest BCUT2D eigenvalue weighted by molar-refractivity contribution is 7.00. The first-order chi connectivity index (χ1) is 13.2. The van der Waals surface area contributed by atoms with Gasteiger partial charge in [0.1, 0.15) is 11.0 Å². The molecule has 6 nitrogen and oxygen atoms in total. The molecule has 1 saturated heterocycles. The van der Waals surface area contributed by atoms with Crippen molar-refractivity contribution < 1.29 is 4.79 Å². The van der Waals surface area contributed by atoms with Crippen molar-refractivity contribution in [2.24, 2.45) is 0 Å². The summed E-state index contributed by atoms with van der Waals surface area (Å²) >= 11 is 7.41. The van der Waals surface area contributed by atoms with Gasteiger partial charge in [0.2, 0.25) is 5.91 Å². The first-order valence-electron chi connectivity index (χ1n) is 8.88. The van der Waals surface area contributed by atoms with Crippen molar-refractivity contribution in [3.05, 3.63) is 53.1 Å². The fourth-order valence-corrected chi connectivity index (χ4v) is 4.02. The number of benzene rings is 2. The van der Waals surface area contributed by atoms with E-state index in [1.165, 1.54) is 0 Å². The van der Waals surface area contributed by atoms with Crippen molar-refractivity contribution in [2.75, 3.05) is 38.0 Å². The predicted octanol–water partition coefficient (Wildman–Crippen LogP) is 3.10. The summed E-state index contributed by atoms with van der Waals surface area (Å²) in [7, 11) is 0. The third kappa shape index (κ3) is 4.44. The number of carbonyl (C=O) groups is 1. The third-order valence-electron chi connectivity index (χ3n) is 4.74. The first kappa shape index (κ1) is 18.3. The second kappa shape index (κ2) is 8.31. The van der Waals surface area contributed by atoms with Gasteiger partial charge in [-0.15, -0.1) is 0 Å². The Morgan fingerprint density at radius 2 is 1.81 bits per heavy atom. The van der Waals surface area contributed by atoms with E-state index in [2.05, 4.69) is 29.9 Å². The number of carbonyl (C=O) groups excluding carboxylic acids is 1. The number of fused-ring (bicyclic) bond motifs is 1. The van der Waals surface area contributed by atoms with Crippen LogP contribution in [-0.2, 0) is 11.3 Å². The van der Waals surface area contributed by atoms with Gasteiger partial charge in [-0.2, -0.15) is 8.75 Å². The zero-order valence-corrected chi connectivity index (χ0v) is 16.3. The largest absolute Gasteiger partial charge is 0.323 e. The average Bonchev–Trinajstić information content (AvgIpc) is 3.15. The molecule has 3 aromatic rings. The van der Waals surface area contributed by atoms with Gasteiger partial charge in [-0.25, -0.2) is 0 Å². The van der Waals surface area contributed by atoms with Crippen LogP contribution < -0.4 is 5.32 Å². The van der Waals surface area contributed by atoms with Crippen LogP contribution in [0.5, 0.6) is 0 Å². The molecule has 1 N–H and O–H groups in total. The molecule has 4 rings (SSSR count). The summed E-state index contributed by atoms with van der Waals surface area (Å²) in [4.78, 5) is 17.0. The lowest BCUT2D eigenvalue weighted by atomic mass is 10.2. The van der Waals surface area contributed by atoms with E-state index < -0.39 is 0 Å². The van der Waals surface area contributed by atoms with Gasteiger partial charge in [0.25, 0.3) is 0 Å². The lowest BCUT2D eigenvalue weighted by Gasteiger charge is -2.34. The highest BCUT2D eigenvalue weighted by atomic mass is 35.5. The maximum Gasteiger partial charge on any atom is 0.238 e. The second-order valence-corrected chi connectivity index (χ2v) is 7.57. The minimum absolute atomic E-state index is 0.0185. The van der Waals surface area contributed by atoms with E-state index in [9.17, 15) is 4.79 Å². The van der Waals surface area contributed by atoms with E-state index in [1.807, 2.05) is 36.4 Å². The predicted molar refractivity (Wildman–Crippen MR) is 109 cm³/mol. The summed E-state index contributed by atoms with van der Waals surface area (Å²) in [5.41, 5.74) is 3.44. The average molecular weight is 402 g/mol. The molecule has 0 atom stereocenters. The zero-order chi connectivity index (χ0) is 18.6. The van der Waals surface area contributed by atoms with Crippen LogP contribution >= 0.6 is 23.3 Å². The smallest absolute Gasteiger partial charge is 0.238 e. The van der Waals surface area contributed by atoms with Gasteiger partial charge in [-0.1, -0.05) is 35.9 Å². The molecular weight excluding hydrogens is 382 g/mol. The monoisotopic (exact) mass is 401 g/mol. The minimum Gasteiger partial charge on any atom is -0.323 e. The Labute approximate surface area is 167 Å². The molecule has 1 aliphatic heterocycles. The van der Waals surface area contributed by atoms with E-state index in [0.717, 1.165) is 71.8 Å². The summed E-state index contributed by atoms with van der Waals surface area (Å²) in [5.74, 6) is -0.0185. The van der Waals surface area contributed by atoms with Crippen molar-refractivity contribution in [1.29, 1.82) is 0 Å². The van der Waals surface area contributed by atoms with Crippen molar-refractivity contribution >= 4 is 46.0 Å². The summed E-state index contributed by atoms with van der Waals surface area (Å²) in [5, 5.41) is 3.78. The van der Waals surface area contributed by atoms with Gasteiger partial charge < -0.3 is 5.32 Å².